The fourth-order valence-corrected chi connectivity index (χ4v) is 3.42. The Labute approximate surface area is 141 Å². The summed E-state index contributed by atoms with van der Waals surface area (Å²) in [5, 5.41) is 0. The fourth-order valence-electron chi connectivity index (χ4n) is 3.42. The van der Waals surface area contributed by atoms with Gasteiger partial charge in [-0.1, -0.05) is 65.7 Å². The third-order valence-corrected chi connectivity index (χ3v) is 4.92. The maximum atomic E-state index is 4.37. The van der Waals surface area contributed by atoms with Gasteiger partial charge in [-0.25, -0.2) is 0 Å². The topological polar surface area (TPSA) is 0 Å². The van der Waals surface area contributed by atoms with Crippen LogP contribution in [0.2, 0.25) is 0 Å². The highest BCUT2D eigenvalue weighted by Gasteiger charge is 2.32. The van der Waals surface area contributed by atoms with Crippen LogP contribution in [0.5, 0.6) is 0 Å². The van der Waals surface area contributed by atoms with Crippen molar-refractivity contribution in [2.24, 2.45) is 23.7 Å². The molecule has 0 aromatic rings. The van der Waals surface area contributed by atoms with Crippen molar-refractivity contribution in [3.8, 4) is 12.8 Å². The van der Waals surface area contributed by atoms with E-state index in [1.165, 1.54) is 50.5 Å². The minimum absolute atomic E-state index is 0.654. The van der Waals surface area contributed by atoms with Gasteiger partial charge in [-0.3, -0.25) is 0 Å². The molecule has 0 bridgehead atoms. The molecule has 1 fully saturated rings. The highest BCUT2D eigenvalue weighted by Crippen LogP contribution is 2.43. The molecule has 0 radical (unpaired) electrons. The van der Waals surface area contributed by atoms with Crippen LogP contribution in [0.15, 0.2) is 24.8 Å². The van der Waals surface area contributed by atoms with Gasteiger partial charge in [0.15, 0.2) is 0 Å². The number of rotatable bonds is 7. The van der Waals surface area contributed by atoms with E-state index in [0.29, 0.717) is 5.92 Å². The van der Waals surface area contributed by atoms with Gasteiger partial charge in [0, 0.05) is 0 Å². The van der Waals surface area contributed by atoms with Crippen LogP contribution in [0.25, 0.3) is 0 Å². The molecule has 128 valence electrons. The van der Waals surface area contributed by atoms with Crippen LogP contribution < -0.4 is 0 Å². The number of unbranched alkanes of at least 4 members (excludes halogenated alkanes) is 1. The van der Waals surface area contributed by atoms with Crippen LogP contribution in [0.4, 0.5) is 0 Å². The molecule has 1 saturated carbocycles. The molecular weight excluding hydrogens is 264 g/mol. The predicted molar refractivity (Wildman–Crippen MR) is 104 cm³/mol. The maximum Gasteiger partial charge on any atom is -0.0175 e. The van der Waals surface area contributed by atoms with Gasteiger partial charge in [-0.15, -0.1) is 19.4 Å². The normalized spacial score (nSPS) is 25.0. The molecule has 0 aromatic carbocycles. The van der Waals surface area contributed by atoms with E-state index < -0.39 is 0 Å². The van der Waals surface area contributed by atoms with Gasteiger partial charge in [-0.05, 0) is 55.8 Å². The first-order valence-electron chi connectivity index (χ1n) is 9.23. The molecule has 1 aliphatic carbocycles. The van der Waals surface area contributed by atoms with Crippen molar-refractivity contribution in [2.75, 3.05) is 0 Å². The Hall–Kier alpha value is -0.960. The average Bonchev–Trinajstić information content (AvgIpc) is 2.57. The molecule has 1 aliphatic rings. The molecular formula is C22H40. The molecule has 0 saturated heterocycles. The lowest BCUT2D eigenvalue weighted by atomic mass is 9.67. The number of allylic oxidation sites excluding steroid dienone is 2. The predicted octanol–water partition coefficient (Wildman–Crippen LogP) is 7.27. The lowest BCUT2D eigenvalue weighted by Crippen LogP contribution is -2.28. The van der Waals surface area contributed by atoms with Crippen LogP contribution in [0, 0.1) is 36.5 Å². The summed E-state index contributed by atoms with van der Waals surface area (Å²) in [7, 11) is 0. The molecule has 4 unspecified atom stereocenters. The Bertz CT molecular complexity index is 296. The van der Waals surface area contributed by atoms with E-state index in [1.54, 1.807) is 0 Å². The Morgan fingerprint density at radius 3 is 2.36 bits per heavy atom. The van der Waals surface area contributed by atoms with Crippen molar-refractivity contribution in [3.63, 3.8) is 0 Å². The van der Waals surface area contributed by atoms with Crippen molar-refractivity contribution >= 4 is 0 Å². The Morgan fingerprint density at radius 2 is 1.86 bits per heavy atom. The highest BCUT2D eigenvalue weighted by atomic mass is 14.4. The van der Waals surface area contributed by atoms with Gasteiger partial charge >= 0.3 is 0 Å². The van der Waals surface area contributed by atoms with Gasteiger partial charge < -0.3 is 0 Å². The van der Waals surface area contributed by atoms with E-state index in [1.807, 2.05) is 13.8 Å². The molecule has 0 nitrogen and oxygen atoms in total. The Morgan fingerprint density at radius 1 is 1.27 bits per heavy atom. The molecule has 0 aromatic heterocycles. The van der Waals surface area contributed by atoms with E-state index >= 15 is 0 Å². The zero-order valence-corrected chi connectivity index (χ0v) is 15.9. The molecule has 0 N–H and O–H groups in total. The first-order chi connectivity index (χ1) is 10.6. The van der Waals surface area contributed by atoms with Crippen LogP contribution in [-0.2, 0) is 0 Å². The van der Waals surface area contributed by atoms with Gasteiger partial charge in [0.05, 0.1) is 0 Å². The standard InChI is InChI=1S/C18H32.C2H6.C2H2/c1-6-8-9-17-15(4)11-12-16(5)18(17)13-10-14(3)7-2;2*1-2/h7,14-15,17-18H,2,5-6,8-13H2,1,3-4H3;1-2H3;1-2H. The Balaban J connectivity index is 0. The van der Waals surface area contributed by atoms with Gasteiger partial charge in [0.2, 0.25) is 0 Å². The second kappa shape index (κ2) is 15.0. The molecule has 4 atom stereocenters. The minimum atomic E-state index is 0.654. The third kappa shape index (κ3) is 8.47. The summed E-state index contributed by atoms with van der Waals surface area (Å²) < 4.78 is 0. The van der Waals surface area contributed by atoms with Crippen molar-refractivity contribution in [3.05, 3.63) is 24.8 Å². The van der Waals surface area contributed by atoms with E-state index in [0.717, 1.165) is 17.8 Å². The second-order valence-corrected chi connectivity index (χ2v) is 6.38. The number of hydrogen-bond donors (Lipinski definition) is 0. The van der Waals surface area contributed by atoms with Crippen LogP contribution in [-0.4, -0.2) is 0 Å². The lowest BCUT2D eigenvalue weighted by Gasteiger charge is -2.39. The van der Waals surface area contributed by atoms with Gasteiger partial charge in [-0.2, -0.15) is 0 Å². The van der Waals surface area contributed by atoms with Crippen LogP contribution >= 0.6 is 0 Å². The van der Waals surface area contributed by atoms with E-state index in [4.69, 9.17) is 0 Å². The monoisotopic (exact) mass is 304 g/mol. The quantitative estimate of drug-likeness (QED) is 0.342. The average molecular weight is 305 g/mol. The van der Waals surface area contributed by atoms with Crippen molar-refractivity contribution in [2.45, 2.75) is 79.6 Å². The zero-order valence-electron chi connectivity index (χ0n) is 15.9. The molecule has 0 aliphatic heterocycles. The lowest BCUT2D eigenvalue weighted by molar-refractivity contribution is 0.186. The zero-order chi connectivity index (χ0) is 17.5. The summed E-state index contributed by atoms with van der Waals surface area (Å²) in [4.78, 5) is 0. The Kier molecular flexibility index (Phi) is 15.8. The molecule has 0 heteroatoms. The van der Waals surface area contributed by atoms with E-state index in [9.17, 15) is 0 Å². The van der Waals surface area contributed by atoms with Crippen LogP contribution in [0.3, 0.4) is 0 Å². The molecule has 1 rings (SSSR count). The van der Waals surface area contributed by atoms with Gasteiger partial charge in [0.25, 0.3) is 0 Å². The largest absolute Gasteiger partial charge is 0.124 e. The van der Waals surface area contributed by atoms with Crippen LogP contribution in [0.1, 0.15) is 79.6 Å². The van der Waals surface area contributed by atoms with Crippen molar-refractivity contribution < 1.29 is 0 Å². The van der Waals surface area contributed by atoms with Gasteiger partial charge in [0.1, 0.15) is 0 Å². The maximum absolute atomic E-state index is 4.37. The van der Waals surface area contributed by atoms with E-state index in [-0.39, 0.29) is 0 Å². The number of hydrogen-bond acceptors (Lipinski definition) is 0. The van der Waals surface area contributed by atoms with Crippen molar-refractivity contribution in [1.82, 2.24) is 0 Å². The SMILES string of the molecule is C#C.C=CC(C)CCC1C(=C)CCC(C)C1CCCC.CC. The number of terminal acetylenes is 1. The summed E-state index contributed by atoms with van der Waals surface area (Å²) in [6.45, 7) is 19.3. The summed E-state index contributed by atoms with van der Waals surface area (Å²) in [5.74, 6) is 3.22. The summed E-state index contributed by atoms with van der Waals surface area (Å²) >= 11 is 0. The summed E-state index contributed by atoms with van der Waals surface area (Å²) in [6.07, 6.45) is 19.4. The molecule has 0 amide bonds. The summed E-state index contributed by atoms with van der Waals surface area (Å²) in [6, 6.07) is 0. The summed E-state index contributed by atoms with van der Waals surface area (Å²) in [5.41, 5.74) is 1.53. The second-order valence-electron chi connectivity index (χ2n) is 6.38. The highest BCUT2D eigenvalue weighted by molar-refractivity contribution is 5.07. The van der Waals surface area contributed by atoms with Crippen molar-refractivity contribution in [1.29, 1.82) is 0 Å². The molecule has 0 heterocycles. The van der Waals surface area contributed by atoms with E-state index in [2.05, 4.69) is 52.9 Å². The first-order valence-corrected chi connectivity index (χ1v) is 9.23. The first kappa shape index (κ1) is 23.3. The smallest absolute Gasteiger partial charge is 0.0175 e. The third-order valence-electron chi connectivity index (χ3n) is 4.92. The fraction of sp³-hybridized carbons (Fsp3) is 0.727. The molecule has 0 spiro atoms. The molecule has 22 heavy (non-hydrogen) atoms. The minimum Gasteiger partial charge on any atom is -0.124 e.